The van der Waals surface area contributed by atoms with Crippen LogP contribution in [0, 0.1) is 11.6 Å². The molecule has 1 rings (SSSR count). The van der Waals surface area contributed by atoms with Crippen molar-refractivity contribution in [3.63, 3.8) is 0 Å². The van der Waals surface area contributed by atoms with E-state index in [1.54, 1.807) is 0 Å². The van der Waals surface area contributed by atoms with Crippen LogP contribution in [0.4, 0.5) is 14.5 Å². The van der Waals surface area contributed by atoms with Gasteiger partial charge in [-0.3, -0.25) is 4.79 Å². The van der Waals surface area contributed by atoms with E-state index in [0.717, 1.165) is 12.1 Å². The average molecular weight is 321 g/mol. The van der Waals surface area contributed by atoms with E-state index in [4.69, 9.17) is 5.73 Å². The Labute approximate surface area is 113 Å². The van der Waals surface area contributed by atoms with E-state index in [1.165, 1.54) is 6.92 Å². The summed E-state index contributed by atoms with van der Waals surface area (Å²) < 4.78 is 27.3. The maximum absolute atomic E-state index is 13.5. The van der Waals surface area contributed by atoms with E-state index in [9.17, 15) is 13.6 Å². The monoisotopic (exact) mass is 320 g/mol. The molecule has 0 saturated carbocycles. The number of amides is 1. The fourth-order valence-corrected chi connectivity index (χ4v) is 1.95. The van der Waals surface area contributed by atoms with Crippen molar-refractivity contribution in [3.8, 4) is 0 Å². The summed E-state index contributed by atoms with van der Waals surface area (Å²) >= 11 is 2.96. The molecule has 0 saturated heterocycles. The van der Waals surface area contributed by atoms with Crippen LogP contribution in [0.25, 0.3) is 0 Å². The van der Waals surface area contributed by atoms with Crippen LogP contribution in [0.3, 0.4) is 0 Å². The number of nitrogens with one attached hydrogen (secondary N) is 1. The van der Waals surface area contributed by atoms with Gasteiger partial charge in [0.15, 0.2) is 11.6 Å². The molecule has 0 aromatic heterocycles. The second-order valence-electron chi connectivity index (χ2n) is 4.37. The molecule has 1 aromatic carbocycles. The van der Waals surface area contributed by atoms with Crippen molar-refractivity contribution in [3.05, 3.63) is 28.2 Å². The lowest BCUT2D eigenvalue weighted by Gasteiger charge is -2.23. The van der Waals surface area contributed by atoms with Gasteiger partial charge in [0.05, 0.1) is 5.54 Å². The second kappa shape index (κ2) is 5.75. The number of carbonyl (C=O) groups is 1. The van der Waals surface area contributed by atoms with Crippen molar-refractivity contribution in [1.29, 1.82) is 0 Å². The van der Waals surface area contributed by atoms with Crippen LogP contribution in [0.5, 0.6) is 0 Å². The van der Waals surface area contributed by atoms with Gasteiger partial charge in [-0.05, 0) is 25.5 Å². The lowest BCUT2D eigenvalue weighted by atomic mass is 9.96. The van der Waals surface area contributed by atoms with Gasteiger partial charge in [-0.25, -0.2) is 8.78 Å². The Hall–Kier alpha value is -1.01. The molecule has 1 aromatic rings. The highest BCUT2D eigenvalue weighted by atomic mass is 79.9. The molecule has 0 fully saturated rings. The molecule has 3 nitrogen and oxygen atoms in total. The van der Waals surface area contributed by atoms with E-state index in [1.807, 2.05) is 6.92 Å². The molecule has 0 spiro atoms. The highest BCUT2D eigenvalue weighted by Crippen LogP contribution is 2.24. The average Bonchev–Trinajstić information content (AvgIpc) is 2.22. The van der Waals surface area contributed by atoms with Crippen molar-refractivity contribution in [2.24, 2.45) is 5.73 Å². The molecule has 6 heteroatoms. The minimum atomic E-state index is -1.15. The molecule has 0 heterocycles. The molecule has 1 atom stereocenters. The first-order valence-corrected chi connectivity index (χ1v) is 6.32. The van der Waals surface area contributed by atoms with Gasteiger partial charge in [0.2, 0.25) is 5.91 Å². The molecule has 3 N–H and O–H groups in total. The minimum absolute atomic E-state index is 0.263. The molecule has 0 radical (unpaired) electrons. The molecule has 18 heavy (non-hydrogen) atoms. The van der Waals surface area contributed by atoms with E-state index >= 15 is 0 Å². The SMILES string of the molecule is CCCC(C)(N)C(=O)Nc1c(F)cc(Br)cc1F. The molecule has 0 aliphatic rings. The van der Waals surface area contributed by atoms with Crippen molar-refractivity contribution in [1.82, 2.24) is 0 Å². The third-order valence-electron chi connectivity index (χ3n) is 2.53. The Morgan fingerprint density at radius 3 is 2.39 bits per heavy atom. The third-order valence-corrected chi connectivity index (χ3v) is 2.99. The van der Waals surface area contributed by atoms with Gasteiger partial charge in [-0.1, -0.05) is 29.3 Å². The van der Waals surface area contributed by atoms with Gasteiger partial charge in [0, 0.05) is 4.47 Å². The fourth-order valence-electron chi connectivity index (χ4n) is 1.55. The van der Waals surface area contributed by atoms with Crippen LogP contribution in [0.15, 0.2) is 16.6 Å². The zero-order valence-corrected chi connectivity index (χ0v) is 11.8. The van der Waals surface area contributed by atoms with Gasteiger partial charge < -0.3 is 11.1 Å². The lowest BCUT2D eigenvalue weighted by molar-refractivity contribution is -0.120. The smallest absolute Gasteiger partial charge is 0.244 e. The number of anilines is 1. The highest BCUT2D eigenvalue weighted by molar-refractivity contribution is 9.10. The van der Waals surface area contributed by atoms with Crippen LogP contribution in [0.2, 0.25) is 0 Å². The second-order valence-corrected chi connectivity index (χ2v) is 5.28. The van der Waals surface area contributed by atoms with Crippen molar-refractivity contribution in [2.45, 2.75) is 32.2 Å². The van der Waals surface area contributed by atoms with E-state index in [-0.39, 0.29) is 4.47 Å². The summed E-state index contributed by atoms with van der Waals surface area (Å²) in [6, 6.07) is 2.15. The van der Waals surface area contributed by atoms with E-state index < -0.39 is 28.8 Å². The van der Waals surface area contributed by atoms with Crippen LogP contribution < -0.4 is 11.1 Å². The molecule has 1 amide bonds. The first kappa shape index (κ1) is 15.0. The van der Waals surface area contributed by atoms with Crippen LogP contribution in [0.1, 0.15) is 26.7 Å². The summed E-state index contributed by atoms with van der Waals surface area (Å²) in [5.74, 6) is -2.30. The molecular weight excluding hydrogens is 306 g/mol. The Bertz CT molecular complexity index is 440. The quantitative estimate of drug-likeness (QED) is 0.895. The van der Waals surface area contributed by atoms with E-state index in [0.29, 0.717) is 12.8 Å². The largest absolute Gasteiger partial charge is 0.320 e. The van der Waals surface area contributed by atoms with Crippen LogP contribution >= 0.6 is 15.9 Å². The zero-order chi connectivity index (χ0) is 13.9. The van der Waals surface area contributed by atoms with Gasteiger partial charge in [0.1, 0.15) is 5.69 Å². The Kier molecular flexibility index (Phi) is 4.81. The normalized spacial score (nSPS) is 14.1. The summed E-state index contributed by atoms with van der Waals surface area (Å²) in [6.07, 6.45) is 1.13. The Morgan fingerprint density at radius 2 is 1.94 bits per heavy atom. The molecular formula is C12H15BrF2N2O. The van der Waals surface area contributed by atoms with Crippen molar-refractivity contribution >= 4 is 27.5 Å². The van der Waals surface area contributed by atoms with E-state index in [2.05, 4.69) is 21.2 Å². The van der Waals surface area contributed by atoms with Gasteiger partial charge in [-0.2, -0.15) is 0 Å². The van der Waals surface area contributed by atoms with Gasteiger partial charge >= 0.3 is 0 Å². The summed E-state index contributed by atoms with van der Waals surface area (Å²) in [7, 11) is 0. The molecule has 0 aliphatic heterocycles. The molecule has 0 aliphatic carbocycles. The van der Waals surface area contributed by atoms with Gasteiger partial charge in [0.25, 0.3) is 0 Å². The maximum Gasteiger partial charge on any atom is 0.244 e. The molecule has 100 valence electrons. The third kappa shape index (κ3) is 3.49. The topological polar surface area (TPSA) is 55.1 Å². The fraction of sp³-hybridized carbons (Fsp3) is 0.417. The number of hydrogen-bond donors (Lipinski definition) is 2. The maximum atomic E-state index is 13.5. The number of carbonyl (C=O) groups excluding carboxylic acids is 1. The lowest BCUT2D eigenvalue weighted by Crippen LogP contribution is -2.48. The van der Waals surface area contributed by atoms with Gasteiger partial charge in [-0.15, -0.1) is 0 Å². The minimum Gasteiger partial charge on any atom is -0.320 e. The number of hydrogen-bond acceptors (Lipinski definition) is 2. The van der Waals surface area contributed by atoms with Crippen molar-refractivity contribution < 1.29 is 13.6 Å². The predicted octanol–water partition coefficient (Wildman–Crippen LogP) is 3.18. The van der Waals surface area contributed by atoms with Crippen molar-refractivity contribution in [2.75, 3.05) is 5.32 Å². The number of rotatable bonds is 4. The summed E-state index contributed by atoms with van der Waals surface area (Å²) in [5.41, 5.74) is 4.15. The zero-order valence-electron chi connectivity index (χ0n) is 10.2. The Balaban J connectivity index is 2.95. The number of nitrogens with two attached hydrogens (primary N) is 1. The Morgan fingerprint density at radius 1 is 1.44 bits per heavy atom. The summed E-state index contributed by atoms with van der Waals surface area (Å²) in [6.45, 7) is 3.40. The first-order valence-electron chi connectivity index (χ1n) is 5.53. The number of benzene rings is 1. The predicted molar refractivity (Wildman–Crippen MR) is 70.2 cm³/mol. The molecule has 0 bridgehead atoms. The van der Waals surface area contributed by atoms with Crippen LogP contribution in [-0.2, 0) is 4.79 Å². The first-order chi connectivity index (χ1) is 8.27. The van der Waals surface area contributed by atoms with Crippen LogP contribution in [-0.4, -0.2) is 11.4 Å². The summed E-state index contributed by atoms with van der Waals surface area (Å²) in [4.78, 5) is 11.8. The standard InChI is InChI=1S/C12H15BrF2N2O/c1-3-4-12(2,16)11(18)17-10-8(14)5-7(13)6-9(10)15/h5-6H,3-4,16H2,1-2H3,(H,17,18). The highest BCUT2D eigenvalue weighted by Gasteiger charge is 2.28. The molecule has 1 unspecified atom stereocenters. The number of halogens is 3. The summed E-state index contributed by atoms with van der Waals surface area (Å²) in [5, 5.41) is 2.20.